The zero-order chi connectivity index (χ0) is 36.6. The average molecular weight is 699 g/mol. The molecule has 2 unspecified atom stereocenters. The van der Waals surface area contributed by atoms with E-state index in [0.717, 1.165) is 24.2 Å². The van der Waals surface area contributed by atoms with Crippen molar-refractivity contribution in [1.29, 1.82) is 0 Å². The van der Waals surface area contributed by atoms with Gasteiger partial charge in [-0.2, -0.15) is 0 Å². The molecule has 0 heterocycles. The number of rotatable bonds is 20. The standard InChI is InChI=1S/C40H46N2O9/c1-4-5-6-7-8-23-50-33-20-14-30(15-21-33)40(47)51-35-22-11-28(25-36(35)49-3)24-34(39(45)46)42-38(44)29-12-16-31(17-13-29)41-37(43)26-27-9-18-32(48-2)19-10-27/h9-22,25,34,37,41,43H,4-8,23-24,26H2,1-3H3,(H,42,44)(H,45,46). The number of aliphatic carboxylic acids is 1. The Morgan fingerprint density at radius 2 is 1.35 bits per heavy atom. The van der Waals surface area contributed by atoms with Gasteiger partial charge in [0.1, 0.15) is 23.8 Å². The smallest absolute Gasteiger partial charge is 0.343 e. The number of aliphatic hydroxyl groups excluding tert-OH is 1. The lowest BCUT2D eigenvalue weighted by molar-refractivity contribution is -0.139. The summed E-state index contributed by atoms with van der Waals surface area (Å²) < 4.78 is 21.9. The summed E-state index contributed by atoms with van der Waals surface area (Å²) in [4.78, 5) is 38.0. The number of aliphatic hydroxyl groups is 1. The fourth-order valence-corrected chi connectivity index (χ4v) is 5.29. The molecule has 0 aliphatic heterocycles. The Bertz CT molecular complexity index is 1710. The maximum absolute atomic E-state index is 13.0. The first-order valence-electron chi connectivity index (χ1n) is 17.0. The van der Waals surface area contributed by atoms with Crippen LogP contribution in [0.1, 0.15) is 70.9 Å². The summed E-state index contributed by atoms with van der Waals surface area (Å²) in [5.41, 5.74) is 2.62. The molecule has 11 nitrogen and oxygen atoms in total. The van der Waals surface area contributed by atoms with E-state index >= 15 is 0 Å². The number of anilines is 1. The maximum Gasteiger partial charge on any atom is 0.343 e. The molecule has 0 bridgehead atoms. The molecule has 4 rings (SSSR count). The number of nitrogens with one attached hydrogen (secondary N) is 2. The molecule has 4 aromatic rings. The summed E-state index contributed by atoms with van der Waals surface area (Å²) in [5.74, 6) is -0.585. The number of methoxy groups -OCH3 is 2. The summed E-state index contributed by atoms with van der Waals surface area (Å²) in [6.07, 6.45) is 5.14. The van der Waals surface area contributed by atoms with Gasteiger partial charge in [0.25, 0.3) is 5.91 Å². The highest BCUT2D eigenvalue weighted by atomic mass is 16.6. The van der Waals surface area contributed by atoms with Crippen LogP contribution in [-0.4, -0.2) is 61.2 Å². The molecule has 0 saturated heterocycles. The molecule has 0 spiro atoms. The third kappa shape index (κ3) is 12.1. The zero-order valence-electron chi connectivity index (χ0n) is 29.2. The van der Waals surface area contributed by atoms with Gasteiger partial charge in [0.15, 0.2) is 11.5 Å². The minimum atomic E-state index is -1.25. The van der Waals surface area contributed by atoms with Crippen LogP contribution >= 0.6 is 0 Å². The second-order valence-electron chi connectivity index (χ2n) is 12.0. The van der Waals surface area contributed by atoms with E-state index < -0.39 is 30.1 Å². The monoisotopic (exact) mass is 698 g/mol. The van der Waals surface area contributed by atoms with Gasteiger partial charge in [-0.1, -0.05) is 50.8 Å². The van der Waals surface area contributed by atoms with Crippen molar-refractivity contribution in [1.82, 2.24) is 5.32 Å². The lowest BCUT2D eigenvalue weighted by Crippen LogP contribution is -2.42. The molecule has 51 heavy (non-hydrogen) atoms. The number of hydrogen-bond acceptors (Lipinski definition) is 9. The van der Waals surface area contributed by atoms with Gasteiger partial charge in [-0.25, -0.2) is 9.59 Å². The van der Waals surface area contributed by atoms with Crippen molar-refractivity contribution < 1.29 is 43.5 Å². The normalized spacial score (nSPS) is 11.9. The molecule has 4 N–H and O–H groups in total. The average Bonchev–Trinajstić information content (AvgIpc) is 3.14. The maximum atomic E-state index is 13.0. The van der Waals surface area contributed by atoms with Gasteiger partial charge in [-0.3, -0.25) is 4.79 Å². The van der Waals surface area contributed by atoms with Crippen molar-refractivity contribution in [2.45, 2.75) is 64.1 Å². The number of amides is 1. The van der Waals surface area contributed by atoms with Crippen LogP contribution in [0.25, 0.3) is 0 Å². The van der Waals surface area contributed by atoms with Crippen molar-refractivity contribution in [2.24, 2.45) is 0 Å². The second-order valence-corrected chi connectivity index (χ2v) is 12.0. The third-order valence-corrected chi connectivity index (χ3v) is 8.15. The van der Waals surface area contributed by atoms with Crippen LogP contribution < -0.4 is 29.6 Å². The van der Waals surface area contributed by atoms with Crippen molar-refractivity contribution in [2.75, 3.05) is 26.1 Å². The Balaban J connectivity index is 1.29. The molecule has 1 amide bonds. The van der Waals surface area contributed by atoms with E-state index in [0.29, 0.717) is 35.6 Å². The number of hydrogen-bond donors (Lipinski definition) is 4. The van der Waals surface area contributed by atoms with E-state index in [1.807, 2.05) is 24.3 Å². The van der Waals surface area contributed by atoms with Crippen LogP contribution in [0.3, 0.4) is 0 Å². The van der Waals surface area contributed by atoms with Crippen LogP contribution in [0.5, 0.6) is 23.0 Å². The topological polar surface area (TPSA) is 153 Å². The van der Waals surface area contributed by atoms with Crippen molar-refractivity contribution >= 4 is 23.5 Å². The SMILES string of the molecule is CCCCCCCOc1ccc(C(=O)Oc2ccc(CC(NC(=O)c3ccc(NC(O)Cc4ccc(OC)cc4)cc3)C(=O)O)cc2OC)cc1. The molecular formula is C40H46N2O9. The summed E-state index contributed by atoms with van der Waals surface area (Å²) in [7, 11) is 3.00. The van der Waals surface area contributed by atoms with Crippen molar-refractivity contribution in [3.63, 3.8) is 0 Å². The van der Waals surface area contributed by atoms with E-state index in [2.05, 4.69) is 17.6 Å². The number of benzene rings is 4. The molecule has 0 aliphatic rings. The number of carboxylic acid groups (broad SMARTS) is 1. The number of carbonyl (C=O) groups is 3. The Morgan fingerprint density at radius 1 is 0.706 bits per heavy atom. The molecule has 2 atom stereocenters. The summed E-state index contributed by atoms with van der Waals surface area (Å²) in [5, 5.41) is 25.9. The molecule has 0 fully saturated rings. The van der Waals surface area contributed by atoms with Gasteiger partial charge in [-0.05, 0) is 90.3 Å². The number of carbonyl (C=O) groups excluding carboxylic acids is 2. The Hall–Kier alpha value is -5.55. The summed E-state index contributed by atoms with van der Waals surface area (Å²) in [6.45, 7) is 2.80. The van der Waals surface area contributed by atoms with Crippen LogP contribution in [0.2, 0.25) is 0 Å². The molecule has 0 aromatic heterocycles. The first-order valence-corrected chi connectivity index (χ1v) is 17.0. The lowest BCUT2D eigenvalue weighted by atomic mass is 10.0. The minimum absolute atomic E-state index is 0.0527. The molecular weight excluding hydrogens is 652 g/mol. The van der Waals surface area contributed by atoms with Crippen molar-refractivity contribution in [3.05, 3.63) is 113 Å². The number of unbranched alkanes of at least 4 members (excludes halogenated alkanes) is 4. The van der Waals surface area contributed by atoms with Crippen LogP contribution in [0, 0.1) is 0 Å². The van der Waals surface area contributed by atoms with E-state index in [9.17, 15) is 24.6 Å². The second kappa shape index (κ2) is 19.6. The van der Waals surface area contributed by atoms with Gasteiger partial charge >= 0.3 is 11.9 Å². The Morgan fingerprint density at radius 3 is 2.00 bits per heavy atom. The number of ether oxygens (including phenoxy) is 4. The first-order chi connectivity index (χ1) is 24.7. The quantitative estimate of drug-likeness (QED) is 0.0341. The third-order valence-electron chi connectivity index (χ3n) is 8.15. The predicted molar refractivity (Wildman–Crippen MR) is 194 cm³/mol. The highest BCUT2D eigenvalue weighted by molar-refractivity contribution is 5.97. The largest absolute Gasteiger partial charge is 0.497 e. The molecule has 4 aromatic carbocycles. The van der Waals surface area contributed by atoms with Gasteiger partial charge < -0.3 is 39.8 Å². The van der Waals surface area contributed by atoms with E-state index in [4.69, 9.17) is 18.9 Å². The van der Waals surface area contributed by atoms with Crippen LogP contribution in [0.15, 0.2) is 91.0 Å². The fourth-order valence-electron chi connectivity index (χ4n) is 5.29. The van der Waals surface area contributed by atoms with Gasteiger partial charge in [0.2, 0.25) is 0 Å². The van der Waals surface area contributed by atoms with Gasteiger partial charge in [-0.15, -0.1) is 0 Å². The van der Waals surface area contributed by atoms with E-state index in [-0.39, 0.29) is 23.5 Å². The summed E-state index contributed by atoms with van der Waals surface area (Å²) >= 11 is 0. The highest BCUT2D eigenvalue weighted by Gasteiger charge is 2.23. The van der Waals surface area contributed by atoms with Crippen LogP contribution in [0.4, 0.5) is 5.69 Å². The van der Waals surface area contributed by atoms with E-state index in [1.165, 1.54) is 32.4 Å². The minimum Gasteiger partial charge on any atom is -0.497 e. The molecule has 11 heteroatoms. The van der Waals surface area contributed by atoms with Gasteiger partial charge in [0.05, 0.1) is 26.4 Å². The fraction of sp³-hybridized carbons (Fsp3) is 0.325. The zero-order valence-corrected chi connectivity index (χ0v) is 29.2. The highest BCUT2D eigenvalue weighted by Crippen LogP contribution is 2.30. The van der Waals surface area contributed by atoms with Crippen molar-refractivity contribution in [3.8, 4) is 23.0 Å². The molecule has 0 saturated carbocycles. The van der Waals surface area contributed by atoms with Gasteiger partial charge in [0, 0.05) is 24.1 Å². The number of esters is 1. The number of carboxylic acids is 1. The lowest BCUT2D eigenvalue weighted by Gasteiger charge is -2.17. The van der Waals surface area contributed by atoms with Crippen LogP contribution in [-0.2, 0) is 17.6 Å². The Labute approximate surface area is 298 Å². The molecule has 0 aliphatic carbocycles. The first kappa shape index (κ1) is 38.3. The van der Waals surface area contributed by atoms with E-state index in [1.54, 1.807) is 67.8 Å². The predicted octanol–water partition coefficient (Wildman–Crippen LogP) is 6.67. The molecule has 270 valence electrons. The summed E-state index contributed by atoms with van der Waals surface area (Å²) in [6, 6.07) is 23.9. The Kier molecular flexibility index (Phi) is 14.7. The molecule has 0 radical (unpaired) electrons.